The molecule has 5 rings (SSSR count). The average molecular weight is 435 g/mol. The Morgan fingerprint density at radius 1 is 0.774 bits per heavy atom. The molecule has 0 N–H and O–H groups in total. The van der Waals surface area contributed by atoms with Gasteiger partial charge in [0.1, 0.15) is 5.82 Å². The first kappa shape index (κ1) is 19.7. The monoisotopic (exact) mass is 434 g/mol. The zero-order valence-corrected chi connectivity index (χ0v) is 17.9. The third kappa shape index (κ3) is 3.66. The smallest absolute Gasteiger partial charge is 0.243 e. The first-order valence-corrected chi connectivity index (χ1v) is 11.6. The van der Waals surface area contributed by atoms with E-state index in [1.807, 2.05) is 61.5 Å². The van der Waals surface area contributed by atoms with Crippen LogP contribution in [-0.4, -0.2) is 58.7 Å². The lowest BCUT2D eigenvalue weighted by Crippen LogP contribution is -2.49. The Labute approximate surface area is 180 Å². The maximum absolute atomic E-state index is 13.1. The molecule has 0 aliphatic carbocycles. The number of aryl methyl sites for hydroxylation is 1. The number of hydrogen-bond acceptors (Lipinski definition) is 6. The lowest BCUT2D eigenvalue weighted by atomic mass is 10.1. The second-order valence-corrected chi connectivity index (χ2v) is 9.43. The van der Waals surface area contributed by atoms with Gasteiger partial charge in [0.05, 0.1) is 4.90 Å². The van der Waals surface area contributed by atoms with Crippen molar-refractivity contribution in [1.29, 1.82) is 0 Å². The molecule has 158 valence electrons. The number of piperazine rings is 1. The van der Waals surface area contributed by atoms with Crippen molar-refractivity contribution in [2.75, 3.05) is 31.1 Å². The molecule has 1 fully saturated rings. The number of aromatic nitrogens is 4. The molecule has 1 aliphatic heterocycles. The second-order valence-electron chi connectivity index (χ2n) is 7.49. The van der Waals surface area contributed by atoms with E-state index in [0.29, 0.717) is 36.7 Å². The molecule has 1 saturated heterocycles. The third-order valence-corrected chi connectivity index (χ3v) is 7.48. The fourth-order valence-corrected chi connectivity index (χ4v) is 5.23. The van der Waals surface area contributed by atoms with Gasteiger partial charge in [0.25, 0.3) is 0 Å². The van der Waals surface area contributed by atoms with Crippen LogP contribution in [0, 0.1) is 6.92 Å². The van der Waals surface area contributed by atoms with Crippen LogP contribution in [-0.2, 0) is 10.0 Å². The Bertz CT molecular complexity index is 1310. The molecule has 0 bridgehead atoms. The Morgan fingerprint density at radius 3 is 2.16 bits per heavy atom. The summed E-state index contributed by atoms with van der Waals surface area (Å²) in [6.45, 7) is 3.81. The van der Waals surface area contributed by atoms with Gasteiger partial charge in [0, 0.05) is 26.2 Å². The third-order valence-electron chi connectivity index (χ3n) is 5.57. The van der Waals surface area contributed by atoms with Crippen molar-refractivity contribution >= 4 is 21.5 Å². The summed E-state index contributed by atoms with van der Waals surface area (Å²) in [7, 11) is -3.54. The summed E-state index contributed by atoms with van der Waals surface area (Å²) in [5.74, 6) is 1.51. The summed E-state index contributed by atoms with van der Waals surface area (Å²) in [4.78, 5) is 2.41. The van der Waals surface area contributed by atoms with Gasteiger partial charge in [0.15, 0.2) is 11.5 Å². The van der Waals surface area contributed by atoms with Crippen LogP contribution < -0.4 is 4.90 Å². The minimum atomic E-state index is -3.54. The van der Waals surface area contributed by atoms with Crippen LogP contribution in [0.3, 0.4) is 0 Å². The number of hydrogen-bond donors (Lipinski definition) is 0. The number of fused-ring (bicyclic) bond motifs is 1. The van der Waals surface area contributed by atoms with Crippen molar-refractivity contribution in [1.82, 2.24) is 24.1 Å². The quantitative estimate of drug-likeness (QED) is 0.491. The van der Waals surface area contributed by atoms with Crippen molar-refractivity contribution in [3.8, 4) is 11.1 Å². The molecular formula is C22H22N6O2S. The van der Waals surface area contributed by atoms with E-state index in [2.05, 4.69) is 20.2 Å². The van der Waals surface area contributed by atoms with E-state index in [0.717, 1.165) is 22.8 Å². The first-order valence-electron chi connectivity index (χ1n) is 10.1. The molecule has 4 aromatic rings. The average Bonchev–Trinajstić information content (AvgIpc) is 3.20. The van der Waals surface area contributed by atoms with Crippen molar-refractivity contribution in [2.24, 2.45) is 0 Å². The van der Waals surface area contributed by atoms with E-state index < -0.39 is 10.0 Å². The highest BCUT2D eigenvalue weighted by atomic mass is 32.2. The molecule has 1 aliphatic rings. The minimum Gasteiger partial charge on any atom is -0.353 e. The molecular weight excluding hydrogens is 412 g/mol. The number of rotatable bonds is 4. The van der Waals surface area contributed by atoms with E-state index in [1.54, 1.807) is 21.0 Å². The lowest BCUT2D eigenvalue weighted by Gasteiger charge is -2.34. The van der Waals surface area contributed by atoms with Gasteiger partial charge in [-0.05, 0) is 42.3 Å². The largest absolute Gasteiger partial charge is 0.353 e. The molecule has 0 spiro atoms. The molecule has 0 amide bonds. The SMILES string of the molecule is Cc1nnc2ccc(N3CCN(S(=O)(=O)c4ccc(-c5ccccc5)cc4)CC3)nn12. The summed E-state index contributed by atoms with van der Waals surface area (Å²) in [6, 6.07) is 20.8. The molecule has 2 aromatic carbocycles. The summed E-state index contributed by atoms with van der Waals surface area (Å²) < 4.78 is 29.5. The van der Waals surface area contributed by atoms with Crippen LogP contribution in [0.1, 0.15) is 5.82 Å². The van der Waals surface area contributed by atoms with Gasteiger partial charge in [-0.25, -0.2) is 8.42 Å². The highest BCUT2D eigenvalue weighted by Crippen LogP contribution is 2.24. The van der Waals surface area contributed by atoms with E-state index >= 15 is 0 Å². The van der Waals surface area contributed by atoms with Crippen molar-refractivity contribution in [3.05, 3.63) is 72.6 Å². The van der Waals surface area contributed by atoms with Crippen molar-refractivity contribution < 1.29 is 8.42 Å². The first-order chi connectivity index (χ1) is 15.0. The maximum Gasteiger partial charge on any atom is 0.243 e. The zero-order chi connectivity index (χ0) is 21.4. The Balaban J connectivity index is 1.30. The fourth-order valence-electron chi connectivity index (χ4n) is 3.81. The molecule has 0 unspecified atom stereocenters. The van der Waals surface area contributed by atoms with Crippen LogP contribution in [0.25, 0.3) is 16.8 Å². The van der Waals surface area contributed by atoms with Crippen LogP contribution in [0.2, 0.25) is 0 Å². The standard InChI is InChI=1S/C22H22N6O2S/c1-17-23-24-21-11-12-22(25-28(17)21)26-13-15-27(16-14-26)31(29,30)20-9-7-19(8-10-20)18-5-3-2-4-6-18/h2-12H,13-16H2,1H3. The number of benzene rings is 2. The Hall–Kier alpha value is -3.30. The predicted molar refractivity (Wildman–Crippen MR) is 118 cm³/mol. The van der Waals surface area contributed by atoms with Gasteiger partial charge in [-0.1, -0.05) is 42.5 Å². The number of anilines is 1. The molecule has 0 saturated carbocycles. The molecule has 0 radical (unpaired) electrons. The van der Waals surface area contributed by atoms with Gasteiger partial charge in [-0.15, -0.1) is 15.3 Å². The molecule has 8 nitrogen and oxygen atoms in total. The van der Waals surface area contributed by atoms with Crippen LogP contribution in [0.4, 0.5) is 5.82 Å². The van der Waals surface area contributed by atoms with Gasteiger partial charge in [-0.3, -0.25) is 0 Å². The van der Waals surface area contributed by atoms with Gasteiger partial charge in [0.2, 0.25) is 10.0 Å². The van der Waals surface area contributed by atoms with E-state index in [1.165, 1.54) is 0 Å². The summed E-state index contributed by atoms with van der Waals surface area (Å²) in [5, 5.41) is 12.7. The highest BCUT2D eigenvalue weighted by molar-refractivity contribution is 7.89. The predicted octanol–water partition coefficient (Wildman–Crippen LogP) is 2.61. The molecule has 3 heterocycles. The van der Waals surface area contributed by atoms with Crippen molar-refractivity contribution in [3.63, 3.8) is 0 Å². The second kappa shape index (κ2) is 7.75. The van der Waals surface area contributed by atoms with E-state index in [9.17, 15) is 8.42 Å². The summed E-state index contributed by atoms with van der Waals surface area (Å²) >= 11 is 0. The van der Waals surface area contributed by atoms with Gasteiger partial charge in [-0.2, -0.15) is 8.82 Å². The topological polar surface area (TPSA) is 83.7 Å². The molecule has 0 atom stereocenters. The minimum absolute atomic E-state index is 0.320. The fraction of sp³-hybridized carbons (Fsp3) is 0.227. The number of nitrogens with zero attached hydrogens (tertiary/aromatic N) is 6. The normalized spacial score (nSPS) is 15.5. The van der Waals surface area contributed by atoms with Crippen LogP contribution >= 0.6 is 0 Å². The van der Waals surface area contributed by atoms with Gasteiger partial charge >= 0.3 is 0 Å². The molecule has 31 heavy (non-hydrogen) atoms. The van der Waals surface area contributed by atoms with Crippen LogP contribution in [0.5, 0.6) is 0 Å². The Morgan fingerprint density at radius 2 is 1.45 bits per heavy atom. The number of sulfonamides is 1. The van der Waals surface area contributed by atoms with Crippen LogP contribution in [0.15, 0.2) is 71.6 Å². The van der Waals surface area contributed by atoms with Crippen molar-refractivity contribution in [2.45, 2.75) is 11.8 Å². The zero-order valence-electron chi connectivity index (χ0n) is 17.1. The molecule has 9 heteroatoms. The van der Waals surface area contributed by atoms with E-state index in [4.69, 9.17) is 0 Å². The highest BCUT2D eigenvalue weighted by Gasteiger charge is 2.29. The maximum atomic E-state index is 13.1. The summed E-state index contributed by atoms with van der Waals surface area (Å²) in [6.07, 6.45) is 0. The van der Waals surface area contributed by atoms with Gasteiger partial charge < -0.3 is 4.90 Å². The lowest BCUT2D eigenvalue weighted by molar-refractivity contribution is 0.383. The molecule has 2 aromatic heterocycles. The Kier molecular flexibility index (Phi) is 4.91. The van der Waals surface area contributed by atoms with E-state index in [-0.39, 0.29) is 0 Å². The summed E-state index contributed by atoms with van der Waals surface area (Å²) in [5.41, 5.74) is 2.75.